The Bertz CT molecular complexity index is 361. The van der Waals surface area contributed by atoms with Gasteiger partial charge in [0, 0.05) is 23.8 Å². The Morgan fingerprint density at radius 2 is 2.19 bits per heavy atom. The topological polar surface area (TPSA) is 38.5 Å². The Kier molecular flexibility index (Phi) is 3.34. The third kappa shape index (κ3) is 2.47. The molecule has 1 aliphatic rings. The minimum atomic E-state index is 0.774. The molecule has 0 amide bonds. The zero-order valence-corrected chi connectivity index (χ0v) is 10.1. The quantitative estimate of drug-likeness (QED) is 0.774. The summed E-state index contributed by atoms with van der Waals surface area (Å²) in [5.74, 6) is 0.938. The summed E-state index contributed by atoms with van der Waals surface area (Å²) in [5.41, 5.74) is 7.82. The summed E-state index contributed by atoms with van der Waals surface area (Å²) in [6, 6.07) is 6.63. The Morgan fingerprint density at radius 3 is 2.75 bits per heavy atom. The fourth-order valence-electron chi connectivity index (χ4n) is 2.08. The molecule has 1 saturated carbocycles. The monoisotopic (exact) mass is 220 g/mol. The first-order chi connectivity index (χ1) is 7.74. The van der Waals surface area contributed by atoms with E-state index in [2.05, 4.69) is 11.8 Å². The molecule has 3 nitrogen and oxygen atoms in total. The molecule has 0 radical (unpaired) electrons. The third-order valence-corrected chi connectivity index (χ3v) is 3.15. The number of hydrogen-bond acceptors (Lipinski definition) is 3. The number of anilines is 1. The van der Waals surface area contributed by atoms with Crippen molar-refractivity contribution in [1.29, 1.82) is 0 Å². The van der Waals surface area contributed by atoms with Crippen molar-refractivity contribution in [2.45, 2.75) is 32.4 Å². The molecule has 0 aliphatic heterocycles. The molecule has 1 aromatic carbocycles. The standard InChI is InChI=1S/C13H20N2O/c1-3-15(12-5-6-12)9-10-8-11(14)4-7-13(10)16-2/h4,7-8,12H,3,5-6,9,14H2,1-2H3. The van der Waals surface area contributed by atoms with Crippen LogP contribution in [0.25, 0.3) is 0 Å². The summed E-state index contributed by atoms with van der Waals surface area (Å²) in [6.07, 6.45) is 2.66. The molecule has 1 aliphatic carbocycles. The highest BCUT2D eigenvalue weighted by Crippen LogP contribution is 2.30. The number of nitrogen functional groups attached to an aromatic ring is 1. The maximum absolute atomic E-state index is 5.82. The summed E-state index contributed by atoms with van der Waals surface area (Å²) in [7, 11) is 1.71. The van der Waals surface area contributed by atoms with Crippen molar-refractivity contribution in [1.82, 2.24) is 4.90 Å². The SMILES string of the molecule is CCN(Cc1cc(N)ccc1OC)C1CC1. The normalized spacial score (nSPS) is 15.4. The molecule has 1 aromatic rings. The molecule has 16 heavy (non-hydrogen) atoms. The number of hydrogen-bond donors (Lipinski definition) is 1. The van der Waals surface area contributed by atoms with Crippen LogP contribution in [0.4, 0.5) is 5.69 Å². The number of ether oxygens (including phenoxy) is 1. The van der Waals surface area contributed by atoms with Gasteiger partial charge in [0.2, 0.25) is 0 Å². The van der Waals surface area contributed by atoms with Crippen LogP contribution in [0.5, 0.6) is 5.75 Å². The highest BCUT2D eigenvalue weighted by molar-refractivity contribution is 5.47. The van der Waals surface area contributed by atoms with Gasteiger partial charge in [0.25, 0.3) is 0 Å². The molecule has 88 valence electrons. The van der Waals surface area contributed by atoms with E-state index in [1.165, 1.54) is 18.4 Å². The maximum atomic E-state index is 5.82. The van der Waals surface area contributed by atoms with E-state index in [-0.39, 0.29) is 0 Å². The van der Waals surface area contributed by atoms with Gasteiger partial charge in [0.1, 0.15) is 5.75 Å². The third-order valence-electron chi connectivity index (χ3n) is 3.15. The second-order valence-electron chi connectivity index (χ2n) is 4.37. The van der Waals surface area contributed by atoms with Gasteiger partial charge in [-0.15, -0.1) is 0 Å². The van der Waals surface area contributed by atoms with Crippen molar-refractivity contribution in [3.63, 3.8) is 0 Å². The van der Waals surface area contributed by atoms with Crippen molar-refractivity contribution < 1.29 is 4.74 Å². The van der Waals surface area contributed by atoms with Crippen LogP contribution in [-0.4, -0.2) is 24.6 Å². The van der Waals surface area contributed by atoms with E-state index in [9.17, 15) is 0 Å². The molecule has 2 rings (SSSR count). The average Bonchev–Trinajstić information content (AvgIpc) is 3.10. The summed E-state index contributed by atoms with van der Waals surface area (Å²) in [6.45, 7) is 4.23. The Balaban J connectivity index is 2.14. The van der Waals surface area contributed by atoms with Crippen LogP contribution in [0.15, 0.2) is 18.2 Å². The van der Waals surface area contributed by atoms with Crippen LogP contribution in [-0.2, 0) is 6.54 Å². The molecule has 1 fully saturated rings. The molecule has 0 bridgehead atoms. The number of rotatable bonds is 5. The average molecular weight is 220 g/mol. The van der Waals surface area contributed by atoms with Gasteiger partial charge in [-0.05, 0) is 37.6 Å². The smallest absolute Gasteiger partial charge is 0.123 e. The second-order valence-corrected chi connectivity index (χ2v) is 4.37. The highest BCUT2D eigenvalue weighted by Gasteiger charge is 2.28. The molecule has 0 atom stereocenters. The fraction of sp³-hybridized carbons (Fsp3) is 0.538. The van der Waals surface area contributed by atoms with Gasteiger partial charge in [-0.1, -0.05) is 6.92 Å². The van der Waals surface area contributed by atoms with E-state index in [4.69, 9.17) is 10.5 Å². The van der Waals surface area contributed by atoms with Crippen LogP contribution in [0, 0.1) is 0 Å². The predicted octanol–water partition coefficient (Wildman–Crippen LogP) is 2.26. The van der Waals surface area contributed by atoms with Gasteiger partial charge in [-0.3, -0.25) is 4.90 Å². The van der Waals surface area contributed by atoms with Gasteiger partial charge < -0.3 is 10.5 Å². The molecule has 0 unspecified atom stereocenters. The number of nitrogens with two attached hydrogens (primary N) is 1. The van der Waals surface area contributed by atoms with Crippen LogP contribution in [0.1, 0.15) is 25.3 Å². The van der Waals surface area contributed by atoms with Gasteiger partial charge >= 0.3 is 0 Å². The van der Waals surface area contributed by atoms with Gasteiger partial charge in [-0.25, -0.2) is 0 Å². The van der Waals surface area contributed by atoms with Crippen LogP contribution < -0.4 is 10.5 Å². The fourth-order valence-corrected chi connectivity index (χ4v) is 2.08. The lowest BCUT2D eigenvalue weighted by molar-refractivity contribution is 0.264. The van der Waals surface area contributed by atoms with E-state index >= 15 is 0 Å². The van der Waals surface area contributed by atoms with E-state index < -0.39 is 0 Å². The van der Waals surface area contributed by atoms with E-state index in [1.807, 2.05) is 18.2 Å². The van der Waals surface area contributed by atoms with Crippen molar-refractivity contribution >= 4 is 5.69 Å². The second kappa shape index (κ2) is 4.74. The lowest BCUT2D eigenvalue weighted by Crippen LogP contribution is -2.25. The number of methoxy groups -OCH3 is 1. The minimum absolute atomic E-state index is 0.774. The molecule has 3 heteroatoms. The van der Waals surface area contributed by atoms with Crippen molar-refractivity contribution in [3.8, 4) is 5.75 Å². The Hall–Kier alpha value is -1.22. The zero-order valence-electron chi connectivity index (χ0n) is 10.1. The minimum Gasteiger partial charge on any atom is -0.496 e. The van der Waals surface area contributed by atoms with Gasteiger partial charge in [0.05, 0.1) is 7.11 Å². The van der Waals surface area contributed by atoms with Crippen molar-refractivity contribution in [3.05, 3.63) is 23.8 Å². The first-order valence-corrected chi connectivity index (χ1v) is 5.91. The van der Waals surface area contributed by atoms with Crippen LogP contribution in [0.3, 0.4) is 0 Å². The molecule has 0 spiro atoms. The first-order valence-electron chi connectivity index (χ1n) is 5.91. The molecule has 0 heterocycles. The van der Waals surface area contributed by atoms with E-state index in [0.29, 0.717) is 0 Å². The molecule has 0 saturated heterocycles. The van der Waals surface area contributed by atoms with Gasteiger partial charge in [-0.2, -0.15) is 0 Å². The van der Waals surface area contributed by atoms with Gasteiger partial charge in [0.15, 0.2) is 0 Å². The molecule has 0 aromatic heterocycles. The Labute approximate surface area is 97.2 Å². The highest BCUT2D eigenvalue weighted by atomic mass is 16.5. The zero-order chi connectivity index (χ0) is 11.5. The summed E-state index contributed by atoms with van der Waals surface area (Å²) >= 11 is 0. The molecular weight excluding hydrogens is 200 g/mol. The number of nitrogens with zero attached hydrogens (tertiary/aromatic N) is 1. The molecular formula is C13H20N2O. The lowest BCUT2D eigenvalue weighted by atomic mass is 10.1. The van der Waals surface area contributed by atoms with Crippen LogP contribution in [0.2, 0.25) is 0 Å². The number of benzene rings is 1. The summed E-state index contributed by atoms with van der Waals surface area (Å²) in [5, 5.41) is 0. The first kappa shape index (κ1) is 11.3. The summed E-state index contributed by atoms with van der Waals surface area (Å²) < 4.78 is 5.36. The van der Waals surface area contributed by atoms with E-state index in [1.54, 1.807) is 7.11 Å². The van der Waals surface area contributed by atoms with E-state index in [0.717, 1.165) is 30.6 Å². The van der Waals surface area contributed by atoms with Crippen LogP contribution >= 0.6 is 0 Å². The Morgan fingerprint density at radius 1 is 1.44 bits per heavy atom. The largest absolute Gasteiger partial charge is 0.496 e. The lowest BCUT2D eigenvalue weighted by Gasteiger charge is -2.21. The maximum Gasteiger partial charge on any atom is 0.123 e. The van der Waals surface area contributed by atoms with Crippen molar-refractivity contribution in [2.24, 2.45) is 0 Å². The van der Waals surface area contributed by atoms with Crippen molar-refractivity contribution in [2.75, 3.05) is 19.4 Å². The molecule has 2 N–H and O–H groups in total. The predicted molar refractivity (Wildman–Crippen MR) is 66.5 cm³/mol. The summed E-state index contributed by atoms with van der Waals surface area (Å²) in [4.78, 5) is 2.48.